The predicted molar refractivity (Wildman–Crippen MR) is 91.9 cm³/mol. The second-order valence-corrected chi connectivity index (χ2v) is 9.73. The lowest BCUT2D eigenvalue weighted by molar-refractivity contribution is -0.139. The Morgan fingerprint density at radius 2 is 1.78 bits per heavy atom. The van der Waals surface area contributed by atoms with Gasteiger partial charge in [-0.3, -0.25) is 4.79 Å². The molecule has 0 aromatic heterocycles. The minimum Gasteiger partial charge on any atom is -0.396 e. The maximum absolute atomic E-state index is 11.9. The smallest absolute Gasteiger partial charge is 0.133 e. The molecule has 2 heteroatoms. The monoisotopic (exact) mass is 318 g/mol. The first-order chi connectivity index (χ1) is 11.0. The highest BCUT2D eigenvalue weighted by atomic mass is 16.3. The van der Waals surface area contributed by atoms with E-state index in [1.54, 1.807) is 0 Å². The lowest BCUT2D eigenvalue weighted by Gasteiger charge is -2.60. The second-order valence-electron chi connectivity index (χ2n) is 9.73. The van der Waals surface area contributed by atoms with Gasteiger partial charge in [0.05, 0.1) is 0 Å². The summed E-state index contributed by atoms with van der Waals surface area (Å²) in [6, 6.07) is 0. The fourth-order valence-electron chi connectivity index (χ4n) is 7.78. The molecule has 4 rings (SSSR count). The highest BCUT2D eigenvalue weighted by Gasteiger charge is 2.59. The van der Waals surface area contributed by atoms with Crippen molar-refractivity contribution in [3.63, 3.8) is 0 Å². The van der Waals surface area contributed by atoms with Gasteiger partial charge in [-0.25, -0.2) is 0 Å². The highest BCUT2D eigenvalue weighted by molar-refractivity contribution is 5.79. The number of carbonyl (C=O) groups is 1. The third-order valence-corrected chi connectivity index (χ3v) is 9.16. The normalized spacial score (nSPS) is 52.7. The molecule has 4 aliphatic rings. The number of fused-ring (bicyclic) bond motifs is 5. The van der Waals surface area contributed by atoms with Gasteiger partial charge in [-0.05, 0) is 91.8 Å². The van der Waals surface area contributed by atoms with Gasteiger partial charge in [-0.15, -0.1) is 0 Å². The first kappa shape index (κ1) is 16.1. The number of carbonyl (C=O) groups excluding carboxylic acids is 1. The van der Waals surface area contributed by atoms with E-state index in [1.807, 2.05) is 0 Å². The Balaban J connectivity index is 1.59. The van der Waals surface area contributed by atoms with Crippen molar-refractivity contribution in [1.29, 1.82) is 0 Å². The zero-order valence-corrected chi connectivity index (χ0v) is 15.0. The van der Waals surface area contributed by atoms with Gasteiger partial charge < -0.3 is 5.11 Å². The summed E-state index contributed by atoms with van der Waals surface area (Å²) in [6.07, 6.45) is 12.0. The van der Waals surface area contributed by atoms with Crippen molar-refractivity contribution in [3.05, 3.63) is 0 Å². The van der Waals surface area contributed by atoms with Crippen molar-refractivity contribution in [2.24, 2.45) is 40.4 Å². The van der Waals surface area contributed by atoms with Crippen LogP contribution in [0.1, 0.15) is 78.1 Å². The average molecular weight is 319 g/mol. The third-order valence-electron chi connectivity index (χ3n) is 9.16. The lowest BCUT2D eigenvalue weighted by Crippen LogP contribution is -2.53. The molecule has 0 amide bonds. The van der Waals surface area contributed by atoms with Gasteiger partial charge in [0.2, 0.25) is 0 Å². The van der Waals surface area contributed by atoms with Crippen LogP contribution in [0.25, 0.3) is 0 Å². The molecule has 0 aromatic rings. The summed E-state index contributed by atoms with van der Waals surface area (Å²) in [5, 5.41) is 9.45. The third kappa shape index (κ3) is 2.27. The van der Waals surface area contributed by atoms with E-state index in [0.29, 0.717) is 29.1 Å². The molecular formula is C21H34O2. The van der Waals surface area contributed by atoms with Crippen LogP contribution >= 0.6 is 0 Å². The van der Waals surface area contributed by atoms with Crippen molar-refractivity contribution in [2.45, 2.75) is 78.1 Å². The maximum Gasteiger partial charge on any atom is 0.133 e. The molecule has 0 aromatic carbocycles. The van der Waals surface area contributed by atoms with Crippen LogP contribution in [0, 0.1) is 40.4 Å². The van der Waals surface area contributed by atoms with E-state index in [0.717, 1.165) is 49.4 Å². The van der Waals surface area contributed by atoms with Crippen molar-refractivity contribution in [2.75, 3.05) is 6.61 Å². The van der Waals surface area contributed by atoms with Crippen LogP contribution in [0.2, 0.25) is 0 Å². The Kier molecular flexibility index (Phi) is 3.91. The number of ketones is 1. The summed E-state index contributed by atoms with van der Waals surface area (Å²) < 4.78 is 0. The molecule has 4 aliphatic carbocycles. The number of aliphatic hydroxyl groups is 1. The molecule has 130 valence electrons. The highest BCUT2D eigenvalue weighted by Crippen LogP contribution is 2.67. The SMILES string of the molecule is C[C@]12CCC3[C@@H](CC[C@@H]4CC(=O)CC[C@]34C)C1CCC2CCO. The van der Waals surface area contributed by atoms with Crippen LogP contribution < -0.4 is 0 Å². The molecule has 3 unspecified atom stereocenters. The van der Waals surface area contributed by atoms with Gasteiger partial charge in [0.25, 0.3) is 0 Å². The van der Waals surface area contributed by atoms with Gasteiger partial charge in [0, 0.05) is 19.4 Å². The molecule has 4 fully saturated rings. The molecule has 7 atom stereocenters. The molecule has 4 saturated carbocycles. The van der Waals surface area contributed by atoms with Gasteiger partial charge >= 0.3 is 0 Å². The minimum absolute atomic E-state index is 0.364. The van der Waals surface area contributed by atoms with Crippen LogP contribution in [0.3, 0.4) is 0 Å². The van der Waals surface area contributed by atoms with E-state index in [1.165, 1.54) is 38.5 Å². The average Bonchev–Trinajstić information content (AvgIpc) is 2.85. The quantitative estimate of drug-likeness (QED) is 0.808. The fourth-order valence-corrected chi connectivity index (χ4v) is 7.78. The van der Waals surface area contributed by atoms with Gasteiger partial charge in [0.1, 0.15) is 5.78 Å². The summed E-state index contributed by atoms with van der Waals surface area (Å²) in [6.45, 7) is 5.44. The van der Waals surface area contributed by atoms with E-state index >= 15 is 0 Å². The van der Waals surface area contributed by atoms with E-state index in [9.17, 15) is 9.90 Å². The molecule has 23 heavy (non-hydrogen) atoms. The molecular weight excluding hydrogens is 284 g/mol. The van der Waals surface area contributed by atoms with Crippen molar-refractivity contribution in [1.82, 2.24) is 0 Å². The van der Waals surface area contributed by atoms with E-state index in [-0.39, 0.29) is 0 Å². The summed E-state index contributed by atoms with van der Waals surface area (Å²) in [7, 11) is 0. The molecule has 0 spiro atoms. The molecule has 1 N–H and O–H groups in total. The Bertz CT molecular complexity index is 486. The van der Waals surface area contributed by atoms with Crippen LogP contribution in [0.4, 0.5) is 0 Å². The van der Waals surface area contributed by atoms with Crippen LogP contribution in [0.5, 0.6) is 0 Å². The number of Topliss-reactive ketones (excluding diaryl/α,β-unsaturated/α-hetero) is 1. The predicted octanol–water partition coefficient (Wildman–Crippen LogP) is 4.60. The summed E-state index contributed by atoms with van der Waals surface area (Å²) in [5.74, 6) is 4.58. The number of hydrogen-bond donors (Lipinski definition) is 1. The van der Waals surface area contributed by atoms with E-state index < -0.39 is 0 Å². The summed E-state index contributed by atoms with van der Waals surface area (Å²) >= 11 is 0. The first-order valence-corrected chi connectivity index (χ1v) is 10.1. The Morgan fingerprint density at radius 3 is 2.57 bits per heavy atom. The minimum atomic E-state index is 0.364. The van der Waals surface area contributed by atoms with Crippen LogP contribution in [0.15, 0.2) is 0 Å². The summed E-state index contributed by atoms with van der Waals surface area (Å²) in [5.41, 5.74) is 0.921. The first-order valence-electron chi connectivity index (χ1n) is 10.1. The zero-order chi connectivity index (χ0) is 16.2. The van der Waals surface area contributed by atoms with Crippen molar-refractivity contribution >= 4 is 5.78 Å². The van der Waals surface area contributed by atoms with E-state index in [2.05, 4.69) is 13.8 Å². The molecule has 0 saturated heterocycles. The summed E-state index contributed by atoms with van der Waals surface area (Å²) in [4.78, 5) is 11.9. The Labute approximate surface area is 141 Å². The maximum atomic E-state index is 11.9. The number of aliphatic hydroxyl groups excluding tert-OH is 1. The van der Waals surface area contributed by atoms with Crippen LogP contribution in [-0.2, 0) is 4.79 Å². The van der Waals surface area contributed by atoms with Crippen molar-refractivity contribution in [3.8, 4) is 0 Å². The van der Waals surface area contributed by atoms with Gasteiger partial charge in [-0.1, -0.05) is 13.8 Å². The Morgan fingerprint density at radius 1 is 1.00 bits per heavy atom. The van der Waals surface area contributed by atoms with Crippen molar-refractivity contribution < 1.29 is 9.90 Å². The molecule has 0 aliphatic heterocycles. The van der Waals surface area contributed by atoms with Gasteiger partial charge in [0.15, 0.2) is 0 Å². The molecule has 0 bridgehead atoms. The second kappa shape index (κ2) is 5.58. The molecule has 0 radical (unpaired) electrons. The van der Waals surface area contributed by atoms with Crippen LogP contribution in [-0.4, -0.2) is 17.5 Å². The standard InChI is InChI=1S/C21H34O2/c1-20-11-8-19-17(18(20)6-4-14(20)9-12-22)5-3-15-13-16(23)7-10-21(15,19)2/h14-15,17-19,22H,3-13H2,1-2H3/t14?,15-,17+,18?,19?,20-,21+/m1/s1. The fraction of sp³-hybridized carbons (Fsp3) is 0.952. The molecule has 0 heterocycles. The van der Waals surface area contributed by atoms with E-state index in [4.69, 9.17) is 0 Å². The number of hydrogen-bond acceptors (Lipinski definition) is 2. The van der Waals surface area contributed by atoms with Gasteiger partial charge in [-0.2, -0.15) is 0 Å². The largest absolute Gasteiger partial charge is 0.396 e. The molecule has 2 nitrogen and oxygen atoms in total. The topological polar surface area (TPSA) is 37.3 Å². The Hall–Kier alpha value is -0.370. The zero-order valence-electron chi connectivity index (χ0n) is 15.0. The lowest BCUT2D eigenvalue weighted by atomic mass is 9.44. The number of rotatable bonds is 2.